The van der Waals surface area contributed by atoms with Crippen LogP contribution < -0.4 is 0 Å². The average molecular weight is 281 g/mol. The highest BCUT2D eigenvalue weighted by molar-refractivity contribution is 9.09. The van der Waals surface area contributed by atoms with Crippen molar-refractivity contribution in [2.45, 2.75) is 68.8 Å². The van der Waals surface area contributed by atoms with Crippen LogP contribution in [0.2, 0.25) is 0 Å². The molecule has 4 heteroatoms. The highest BCUT2D eigenvalue weighted by atomic mass is 79.9. The number of alkyl halides is 1. The molecule has 0 aliphatic carbocycles. The molecule has 0 aromatic rings. The first-order valence-electron chi connectivity index (χ1n) is 5.70. The molecule has 0 saturated carbocycles. The molecule has 2 N–H and O–H groups in total. The minimum Gasteiger partial charge on any atom is -0.390 e. The van der Waals surface area contributed by atoms with Gasteiger partial charge in [-0.15, -0.1) is 0 Å². The van der Waals surface area contributed by atoms with Crippen molar-refractivity contribution in [1.82, 2.24) is 0 Å². The van der Waals surface area contributed by atoms with E-state index in [4.69, 9.17) is 4.74 Å². The number of halogens is 1. The maximum absolute atomic E-state index is 9.65. The Labute approximate surface area is 100.0 Å². The van der Waals surface area contributed by atoms with Gasteiger partial charge < -0.3 is 14.9 Å². The Morgan fingerprint density at radius 1 is 1.33 bits per heavy atom. The van der Waals surface area contributed by atoms with E-state index in [1.54, 1.807) is 0 Å². The Balaban J connectivity index is 2.55. The molecule has 1 rings (SSSR count). The summed E-state index contributed by atoms with van der Waals surface area (Å²) in [4.78, 5) is 0.336. The zero-order valence-corrected chi connectivity index (χ0v) is 11.0. The normalized spacial score (nSPS) is 40.6. The Hall–Kier alpha value is 0.360. The monoisotopic (exact) mass is 280 g/mol. The smallest absolute Gasteiger partial charge is 0.0823 e. The van der Waals surface area contributed by atoms with Gasteiger partial charge in [-0.3, -0.25) is 0 Å². The van der Waals surface area contributed by atoms with E-state index < -0.39 is 12.2 Å². The molecular weight excluding hydrogens is 260 g/mol. The molecule has 0 aromatic carbocycles. The van der Waals surface area contributed by atoms with Crippen LogP contribution >= 0.6 is 15.9 Å². The molecule has 0 aromatic heterocycles. The van der Waals surface area contributed by atoms with Gasteiger partial charge in [0.25, 0.3) is 0 Å². The van der Waals surface area contributed by atoms with E-state index >= 15 is 0 Å². The first-order chi connectivity index (χ1) is 7.04. The lowest BCUT2D eigenvalue weighted by Gasteiger charge is -2.32. The van der Waals surface area contributed by atoms with Gasteiger partial charge in [0.05, 0.1) is 24.4 Å². The topological polar surface area (TPSA) is 49.7 Å². The van der Waals surface area contributed by atoms with Gasteiger partial charge >= 0.3 is 0 Å². The van der Waals surface area contributed by atoms with Gasteiger partial charge in [0.1, 0.15) is 0 Å². The van der Waals surface area contributed by atoms with E-state index in [1.165, 1.54) is 0 Å². The fraction of sp³-hybridized carbons (Fsp3) is 1.00. The molecule has 1 aliphatic heterocycles. The quantitative estimate of drug-likeness (QED) is 0.759. The minimum absolute atomic E-state index is 0.00606. The molecule has 0 spiro atoms. The summed E-state index contributed by atoms with van der Waals surface area (Å²) in [5.41, 5.74) is 0. The second-order valence-electron chi connectivity index (χ2n) is 4.36. The predicted octanol–water partition coefficient (Wildman–Crippen LogP) is 1.84. The van der Waals surface area contributed by atoms with Gasteiger partial charge in [-0.1, -0.05) is 22.9 Å². The van der Waals surface area contributed by atoms with Crippen LogP contribution in [-0.4, -0.2) is 39.5 Å². The van der Waals surface area contributed by atoms with Crippen LogP contribution in [0, 0.1) is 0 Å². The van der Waals surface area contributed by atoms with Gasteiger partial charge in [-0.25, -0.2) is 0 Å². The molecular formula is C11H21BrO3. The SMILES string of the molecule is CC[C@H](Br)[C@@H]1CC[C@@H](O)[C@H](O)C[C@@H](C)O1. The van der Waals surface area contributed by atoms with Crippen LogP contribution in [0.25, 0.3) is 0 Å². The Bertz CT molecular complexity index is 189. The Morgan fingerprint density at radius 2 is 2.00 bits per heavy atom. The minimum atomic E-state index is -0.642. The van der Waals surface area contributed by atoms with E-state index in [1.807, 2.05) is 6.92 Å². The van der Waals surface area contributed by atoms with Crippen LogP contribution in [0.15, 0.2) is 0 Å². The van der Waals surface area contributed by atoms with Gasteiger partial charge in [-0.2, -0.15) is 0 Å². The maximum atomic E-state index is 9.65. The molecule has 0 unspecified atom stereocenters. The first-order valence-corrected chi connectivity index (χ1v) is 6.61. The summed E-state index contributed by atoms with van der Waals surface area (Å²) >= 11 is 3.59. The average Bonchev–Trinajstić information content (AvgIpc) is 2.20. The maximum Gasteiger partial charge on any atom is 0.0823 e. The van der Waals surface area contributed by atoms with Crippen molar-refractivity contribution >= 4 is 15.9 Å². The third kappa shape index (κ3) is 4.02. The molecule has 0 amide bonds. The van der Waals surface area contributed by atoms with Crippen LogP contribution in [0.4, 0.5) is 0 Å². The fourth-order valence-electron chi connectivity index (χ4n) is 1.98. The van der Waals surface area contributed by atoms with Crippen LogP contribution in [-0.2, 0) is 4.74 Å². The van der Waals surface area contributed by atoms with E-state index in [-0.39, 0.29) is 12.2 Å². The highest BCUT2D eigenvalue weighted by Gasteiger charge is 2.28. The van der Waals surface area contributed by atoms with E-state index in [0.717, 1.165) is 12.8 Å². The largest absolute Gasteiger partial charge is 0.390 e. The lowest BCUT2D eigenvalue weighted by molar-refractivity contribution is -0.0839. The second kappa shape index (κ2) is 6.18. The van der Waals surface area contributed by atoms with E-state index in [2.05, 4.69) is 22.9 Å². The molecule has 0 radical (unpaired) electrons. The summed E-state index contributed by atoms with van der Waals surface area (Å²) in [6.45, 7) is 4.06. The van der Waals surface area contributed by atoms with E-state index in [9.17, 15) is 10.2 Å². The lowest BCUT2D eigenvalue weighted by Crippen LogP contribution is -2.38. The molecule has 0 bridgehead atoms. The Morgan fingerprint density at radius 3 is 2.60 bits per heavy atom. The molecule has 90 valence electrons. The third-order valence-corrected chi connectivity index (χ3v) is 4.20. The molecule has 1 saturated heterocycles. The predicted molar refractivity (Wildman–Crippen MR) is 63.2 cm³/mol. The zero-order chi connectivity index (χ0) is 11.4. The summed E-state index contributed by atoms with van der Waals surface area (Å²) in [7, 11) is 0. The van der Waals surface area contributed by atoms with Crippen LogP contribution in [0.1, 0.15) is 39.5 Å². The van der Waals surface area contributed by atoms with Crippen LogP contribution in [0.5, 0.6) is 0 Å². The fourth-order valence-corrected chi connectivity index (χ4v) is 2.36. The Kier molecular flexibility index (Phi) is 5.53. The van der Waals surface area contributed by atoms with Gasteiger partial charge in [-0.05, 0) is 26.2 Å². The van der Waals surface area contributed by atoms with Crippen molar-refractivity contribution in [3.05, 3.63) is 0 Å². The number of ether oxygens (including phenoxy) is 1. The summed E-state index contributed by atoms with van der Waals surface area (Å²) in [5, 5.41) is 19.2. The van der Waals surface area contributed by atoms with Crippen molar-refractivity contribution in [2.75, 3.05) is 0 Å². The van der Waals surface area contributed by atoms with Crippen molar-refractivity contribution in [1.29, 1.82) is 0 Å². The summed E-state index contributed by atoms with van der Waals surface area (Å²) in [6.07, 6.45) is 1.84. The van der Waals surface area contributed by atoms with Crippen molar-refractivity contribution in [3.8, 4) is 0 Å². The summed E-state index contributed by atoms with van der Waals surface area (Å²) in [5.74, 6) is 0. The van der Waals surface area contributed by atoms with Crippen LogP contribution in [0.3, 0.4) is 0 Å². The van der Waals surface area contributed by atoms with E-state index in [0.29, 0.717) is 17.7 Å². The van der Waals surface area contributed by atoms with Gasteiger partial charge in [0, 0.05) is 11.2 Å². The standard InChI is InChI=1S/C11H21BrO3/c1-3-8(12)11-5-4-9(13)10(14)6-7(2)15-11/h7-11,13-14H,3-6H2,1-2H3/t7-,8+,9-,10-,11+/m1/s1. The first kappa shape index (κ1) is 13.4. The summed E-state index contributed by atoms with van der Waals surface area (Å²) < 4.78 is 5.84. The molecule has 5 atom stereocenters. The zero-order valence-electron chi connectivity index (χ0n) is 9.40. The molecule has 1 aliphatic rings. The van der Waals surface area contributed by atoms with Crippen molar-refractivity contribution in [2.24, 2.45) is 0 Å². The number of aliphatic hydroxyl groups is 2. The highest BCUT2D eigenvalue weighted by Crippen LogP contribution is 2.25. The van der Waals surface area contributed by atoms with Gasteiger partial charge in [0.15, 0.2) is 0 Å². The molecule has 3 nitrogen and oxygen atoms in total. The van der Waals surface area contributed by atoms with Crippen molar-refractivity contribution in [3.63, 3.8) is 0 Å². The van der Waals surface area contributed by atoms with Crippen molar-refractivity contribution < 1.29 is 14.9 Å². The molecule has 1 fully saturated rings. The number of rotatable bonds is 2. The molecule has 1 heterocycles. The second-order valence-corrected chi connectivity index (χ2v) is 5.53. The number of hydrogen-bond donors (Lipinski definition) is 2. The number of aliphatic hydroxyl groups excluding tert-OH is 2. The number of hydrogen-bond acceptors (Lipinski definition) is 3. The van der Waals surface area contributed by atoms with Gasteiger partial charge in [0.2, 0.25) is 0 Å². The summed E-state index contributed by atoms with van der Waals surface area (Å²) in [6, 6.07) is 0. The lowest BCUT2D eigenvalue weighted by atomic mass is 9.97. The third-order valence-electron chi connectivity index (χ3n) is 2.97. The molecule has 15 heavy (non-hydrogen) atoms.